The van der Waals surface area contributed by atoms with E-state index in [1.165, 1.54) is 0 Å². The topological polar surface area (TPSA) is 112 Å². The Morgan fingerprint density at radius 2 is 1.47 bits per heavy atom. The molecule has 0 spiro atoms. The van der Waals surface area contributed by atoms with Crippen LogP contribution in [-0.2, 0) is 29.0 Å². The quantitative estimate of drug-likeness (QED) is 0.642. The lowest BCUT2D eigenvalue weighted by molar-refractivity contribution is -0.128. The number of amides is 2. The highest BCUT2D eigenvalue weighted by Gasteiger charge is 2.28. The van der Waals surface area contributed by atoms with Gasteiger partial charge in [-0.15, -0.1) is 0 Å². The van der Waals surface area contributed by atoms with Gasteiger partial charge in [-0.05, 0) is 35.1 Å². The van der Waals surface area contributed by atoms with Crippen molar-refractivity contribution in [1.82, 2.24) is 0 Å². The number of hydrogen-bond donors (Lipinski definition) is 3. The van der Waals surface area contributed by atoms with Crippen molar-refractivity contribution in [2.45, 2.75) is 39.2 Å². The molecule has 5 nitrogen and oxygen atoms in total. The van der Waals surface area contributed by atoms with Crippen LogP contribution in [0.5, 0.6) is 0 Å². The number of primary amides is 2. The van der Waals surface area contributed by atoms with Crippen LogP contribution in [0.15, 0.2) is 12.1 Å². The van der Waals surface area contributed by atoms with E-state index >= 15 is 0 Å². The van der Waals surface area contributed by atoms with E-state index in [2.05, 4.69) is 0 Å². The van der Waals surface area contributed by atoms with Crippen molar-refractivity contribution in [3.63, 3.8) is 0 Å². The SMILES string of the molecule is CCc1cc(CN)cc(CC)c1C(C(N)=O)C(N)=O. The molecule has 1 aromatic carbocycles. The second-order valence-corrected chi connectivity index (χ2v) is 4.48. The predicted octanol–water partition coefficient (Wildman–Crippen LogP) is 0.324. The van der Waals surface area contributed by atoms with Crippen LogP contribution in [0, 0.1) is 0 Å². The van der Waals surface area contributed by atoms with Gasteiger partial charge in [0.05, 0.1) is 0 Å². The maximum absolute atomic E-state index is 11.5. The molecular formula is C14H21N3O2. The summed E-state index contributed by atoms with van der Waals surface area (Å²) in [5.74, 6) is -2.49. The standard InChI is InChI=1S/C14H21N3O2/c1-3-9-5-8(7-15)6-10(4-2)11(9)12(13(16)18)14(17)19/h5-6,12H,3-4,7,15H2,1-2H3,(H2,16,18)(H2,17,19). The van der Waals surface area contributed by atoms with Gasteiger partial charge < -0.3 is 17.2 Å². The molecule has 6 N–H and O–H groups in total. The van der Waals surface area contributed by atoms with Crippen molar-refractivity contribution >= 4 is 11.8 Å². The fourth-order valence-corrected chi connectivity index (χ4v) is 2.35. The minimum atomic E-state index is -1.07. The molecular weight excluding hydrogens is 242 g/mol. The average Bonchev–Trinajstić information content (AvgIpc) is 2.37. The number of benzene rings is 1. The third-order valence-corrected chi connectivity index (χ3v) is 3.27. The maximum Gasteiger partial charge on any atom is 0.234 e. The predicted molar refractivity (Wildman–Crippen MR) is 74.2 cm³/mol. The summed E-state index contributed by atoms with van der Waals surface area (Å²) in [4.78, 5) is 23.1. The van der Waals surface area contributed by atoms with Gasteiger partial charge in [0.2, 0.25) is 11.8 Å². The smallest absolute Gasteiger partial charge is 0.234 e. The molecule has 0 aromatic heterocycles. The molecule has 19 heavy (non-hydrogen) atoms. The highest BCUT2D eigenvalue weighted by atomic mass is 16.2. The summed E-state index contributed by atoms with van der Waals surface area (Å²) in [6, 6.07) is 3.82. The van der Waals surface area contributed by atoms with Crippen molar-refractivity contribution in [2.75, 3.05) is 0 Å². The Hall–Kier alpha value is -1.88. The van der Waals surface area contributed by atoms with E-state index in [4.69, 9.17) is 17.2 Å². The van der Waals surface area contributed by atoms with Crippen molar-refractivity contribution in [2.24, 2.45) is 17.2 Å². The van der Waals surface area contributed by atoms with Gasteiger partial charge in [-0.1, -0.05) is 26.0 Å². The second-order valence-electron chi connectivity index (χ2n) is 4.48. The van der Waals surface area contributed by atoms with E-state index in [1.807, 2.05) is 26.0 Å². The fraction of sp³-hybridized carbons (Fsp3) is 0.429. The van der Waals surface area contributed by atoms with Gasteiger partial charge in [0.25, 0.3) is 0 Å². The largest absolute Gasteiger partial charge is 0.369 e. The Labute approximate surface area is 113 Å². The number of hydrogen-bond acceptors (Lipinski definition) is 3. The third-order valence-electron chi connectivity index (χ3n) is 3.27. The van der Waals surface area contributed by atoms with Crippen LogP contribution in [0.2, 0.25) is 0 Å². The van der Waals surface area contributed by atoms with Crippen LogP contribution in [0.3, 0.4) is 0 Å². The van der Waals surface area contributed by atoms with Crippen molar-refractivity contribution in [3.8, 4) is 0 Å². The summed E-state index contributed by atoms with van der Waals surface area (Å²) in [6.07, 6.45) is 1.38. The van der Waals surface area contributed by atoms with Crippen LogP contribution in [0.4, 0.5) is 0 Å². The summed E-state index contributed by atoms with van der Waals surface area (Å²) in [6.45, 7) is 4.33. The van der Waals surface area contributed by atoms with Crippen LogP contribution in [0.1, 0.15) is 42.0 Å². The summed E-state index contributed by atoms with van der Waals surface area (Å²) >= 11 is 0. The van der Waals surface area contributed by atoms with E-state index < -0.39 is 17.7 Å². The van der Waals surface area contributed by atoms with Crippen molar-refractivity contribution in [1.29, 1.82) is 0 Å². The van der Waals surface area contributed by atoms with Gasteiger partial charge in [0.15, 0.2) is 0 Å². The Kier molecular flexibility index (Phi) is 5.06. The lowest BCUT2D eigenvalue weighted by Crippen LogP contribution is -2.34. The highest BCUT2D eigenvalue weighted by molar-refractivity contribution is 6.05. The Balaban J connectivity index is 3.54. The molecule has 0 aliphatic carbocycles. The van der Waals surface area contributed by atoms with Crippen LogP contribution in [-0.4, -0.2) is 11.8 Å². The number of aryl methyl sites for hydroxylation is 2. The van der Waals surface area contributed by atoms with Crippen molar-refractivity contribution < 1.29 is 9.59 Å². The molecule has 0 bridgehead atoms. The van der Waals surface area contributed by atoms with Gasteiger partial charge in [0, 0.05) is 6.54 Å². The number of carbonyl (C=O) groups is 2. The second kappa shape index (κ2) is 6.33. The first-order chi connectivity index (χ1) is 8.96. The van der Waals surface area contributed by atoms with E-state index in [-0.39, 0.29) is 0 Å². The maximum atomic E-state index is 11.5. The van der Waals surface area contributed by atoms with Crippen molar-refractivity contribution in [3.05, 3.63) is 34.4 Å². The first-order valence-corrected chi connectivity index (χ1v) is 6.39. The molecule has 2 amide bonds. The molecule has 5 heteroatoms. The third kappa shape index (κ3) is 3.12. The molecule has 1 aromatic rings. The lowest BCUT2D eigenvalue weighted by Gasteiger charge is -2.19. The van der Waals surface area contributed by atoms with Gasteiger partial charge in [0.1, 0.15) is 5.92 Å². The molecule has 0 saturated heterocycles. The highest BCUT2D eigenvalue weighted by Crippen LogP contribution is 2.27. The summed E-state index contributed by atoms with van der Waals surface area (Å²) in [5, 5.41) is 0. The van der Waals surface area contributed by atoms with Crippen LogP contribution in [0.25, 0.3) is 0 Å². The first-order valence-electron chi connectivity index (χ1n) is 6.39. The zero-order valence-corrected chi connectivity index (χ0v) is 11.4. The molecule has 1 rings (SSSR count). The summed E-state index contributed by atoms with van der Waals surface area (Å²) < 4.78 is 0. The molecule has 0 aliphatic heterocycles. The van der Waals surface area contributed by atoms with Crippen LogP contribution >= 0.6 is 0 Å². The minimum Gasteiger partial charge on any atom is -0.369 e. The fourth-order valence-electron chi connectivity index (χ4n) is 2.35. The molecule has 0 unspecified atom stereocenters. The summed E-state index contributed by atoms with van der Waals surface area (Å²) in [5.41, 5.74) is 19.7. The van der Waals surface area contributed by atoms with Gasteiger partial charge in [-0.3, -0.25) is 9.59 Å². The minimum absolute atomic E-state index is 0.415. The molecule has 0 fully saturated rings. The zero-order valence-electron chi connectivity index (χ0n) is 11.4. The number of rotatable bonds is 6. The zero-order chi connectivity index (χ0) is 14.6. The molecule has 0 saturated carbocycles. The number of carbonyl (C=O) groups excluding carboxylic acids is 2. The molecule has 0 radical (unpaired) electrons. The monoisotopic (exact) mass is 263 g/mol. The Morgan fingerprint density at radius 1 is 1.05 bits per heavy atom. The molecule has 104 valence electrons. The van der Waals surface area contributed by atoms with Gasteiger partial charge in [-0.2, -0.15) is 0 Å². The number of nitrogens with two attached hydrogens (primary N) is 3. The van der Waals surface area contributed by atoms with E-state index in [0.29, 0.717) is 24.9 Å². The Morgan fingerprint density at radius 3 is 1.74 bits per heavy atom. The molecule has 0 heterocycles. The lowest BCUT2D eigenvalue weighted by atomic mass is 9.85. The van der Waals surface area contributed by atoms with Gasteiger partial charge in [-0.25, -0.2) is 0 Å². The normalized spacial score (nSPS) is 10.7. The van der Waals surface area contributed by atoms with Gasteiger partial charge >= 0.3 is 0 Å². The molecule has 0 aliphatic rings. The average molecular weight is 263 g/mol. The van der Waals surface area contributed by atoms with Crippen LogP contribution < -0.4 is 17.2 Å². The molecule has 0 atom stereocenters. The Bertz CT molecular complexity index is 458. The first kappa shape index (κ1) is 15.2. The van der Waals surface area contributed by atoms with E-state index in [1.54, 1.807) is 0 Å². The van der Waals surface area contributed by atoms with E-state index in [0.717, 1.165) is 16.7 Å². The van der Waals surface area contributed by atoms with E-state index in [9.17, 15) is 9.59 Å². The summed E-state index contributed by atoms with van der Waals surface area (Å²) in [7, 11) is 0.